The number of unbranched alkanes of at least 4 members (excludes halogenated alkanes) is 2. The molecule has 2 aromatic rings. The Kier molecular flexibility index (Phi) is 11.6. The molecule has 164 valence electrons. The zero-order chi connectivity index (χ0) is 21.4. The first-order chi connectivity index (χ1) is 14.7. The van der Waals surface area contributed by atoms with E-state index in [2.05, 4.69) is 0 Å². The fourth-order valence-electron chi connectivity index (χ4n) is 3.26. The van der Waals surface area contributed by atoms with E-state index in [1.54, 1.807) is 0 Å². The van der Waals surface area contributed by atoms with Crippen molar-refractivity contribution in [2.24, 2.45) is 0 Å². The molecule has 0 unspecified atom stereocenters. The lowest BCUT2D eigenvalue weighted by Crippen LogP contribution is -2.01. The van der Waals surface area contributed by atoms with Crippen LogP contribution in [0.25, 0.3) is 0 Å². The predicted molar refractivity (Wildman–Crippen MR) is 118 cm³/mol. The number of aliphatic hydroxyl groups excluding tert-OH is 2. The summed E-state index contributed by atoms with van der Waals surface area (Å²) < 4.78 is 10.7. The summed E-state index contributed by atoms with van der Waals surface area (Å²) in [5.41, 5.74) is 2.48. The van der Waals surface area contributed by atoms with Crippen molar-refractivity contribution >= 4 is 5.78 Å². The van der Waals surface area contributed by atoms with E-state index in [1.807, 2.05) is 48.5 Å². The molecule has 0 atom stereocenters. The van der Waals surface area contributed by atoms with Crippen molar-refractivity contribution in [3.05, 3.63) is 59.7 Å². The Labute approximate surface area is 179 Å². The van der Waals surface area contributed by atoms with Gasteiger partial charge in [0.2, 0.25) is 0 Å². The number of hydrogen-bond acceptors (Lipinski definition) is 5. The normalized spacial score (nSPS) is 10.7. The molecule has 0 aliphatic heterocycles. The largest absolute Gasteiger partial charge is 0.491 e. The van der Waals surface area contributed by atoms with E-state index in [-0.39, 0.29) is 13.2 Å². The molecule has 2 rings (SSSR count). The monoisotopic (exact) mass is 414 g/mol. The SMILES string of the molecule is O=C(CCCCc1ccc(OCCO)cc1)CCCCc1ccc(OCCO)cc1. The van der Waals surface area contributed by atoms with E-state index in [9.17, 15) is 4.79 Å². The number of aliphatic hydroxyl groups is 2. The fourth-order valence-corrected chi connectivity index (χ4v) is 3.26. The van der Waals surface area contributed by atoms with Crippen LogP contribution in [-0.2, 0) is 17.6 Å². The molecule has 0 fully saturated rings. The molecule has 2 aromatic carbocycles. The Hall–Kier alpha value is -2.37. The number of ether oxygens (including phenoxy) is 2. The lowest BCUT2D eigenvalue weighted by molar-refractivity contribution is -0.119. The Morgan fingerprint density at radius 2 is 1.03 bits per heavy atom. The molecule has 30 heavy (non-hydrogen) atoms. The number of benzene rings is 2. The number of rotatable bonds is 16. The van der Waals surface area contributed by atoms with Gasteiger partial charge in [-0.3, -0.25) is 4.79 Å². The standard InChI is InChI=1S/C25H34O5/c26-17-19-29-24-13-9-21(10-14-24)5-1-3-7-23(28)8-4-2-6-22-11-15-25(16-12-22)30-20-18-27/h9-16,26-27H,1-8,17-20H2. The third kappa shape index (κ3) is 9.90. The number of ketones is 1. The zero-order valence-electron chi connectivity index (χ0n) is 17.7. The minimum atomic E-state index is 0.0183. The van der Waals surface area contributed by atoms with Gasteiger partial charge in [0.1, 0.15) is 30.5 Å². The molecule has 5 nitrogen and oxygen atoms in total. The molecule has 0 amide bonds. The fraction of sp³-hybridized carbons (Fsp3) is 0.480. The Morgan fingerprint density at radius 1 is 0.633 bits per heavy atom. The van der Waals surface area contributed by atoms with Crippen LogP contribution in [0.5, 0.6) is 11.5 Å². The van der Waals surface area contributed by atoms with Crippen LogP contribution in [0.1, 0.15) is 49.7 Å². The topological polar surface area (TPSA) is 76.0 Å². The summed E-state index contributed by atoms with van der Waals surface area (Å²) in [6.07, 6.45) is 7.12. The Bertz CT molecular complexity index is 648. The number of hydrogen-bond donors (Lipinski definition) is 2. The lowest BCUT2D eigenvalue weighted by atomic mass is 10.0. The number of carbonyl (C=O) groups is 1. The third-order valence-corrected chi connectivity index (χ3v) is 4.91. The zero-order valence-corrected chi connectivity index (χ0v) is 17.7. The Balaban J connectivity index is 1.52. The average molecular weight is 415 g/mol. The van der Waals surface area contributed by atoms with Crippen LogP contribution >= 0.6 is 0 Å². The van der Waals surface area contributed by atoms with Crippen molar-refractivity contribution in [2.75, 3.05) is 26.4 Å². The van der Waals surface area contributed by atoms with E-state index in [1.165, 1.54) is 11.1 Å². The summed E-state index contributed by atoms with van der Waals surface area (Å²) in [5, 5.41) is 17.5. The summed E-state index contributed by atoms with van der Waals surface area (Å²) in [6, 6.07) is 15.9. The highest BCUT2D eigenvalue weighted by Gasteiger charge is 2.03. The summed E-state index contributed by atoms with van der Waals surface area (Å²) in [4.78, 5) is 12.1. The first-order valence-electron chi connectivity index (χ1n) is 10.9. The second-order valence-electron chi connectivity index (χ2n) is 7.38. The molecule has 0 aliphatic rings. The molecule has 2 N–H and O–H groups in total. The van der Waals surface area contributed by atoms with Crippen molar-refractivity contribution in [1.29, 1.82) is 0 Å². The summed E-state index contributed by atoms with van der Waals surface area (Å²) in [6.45, 7) is 0.664. The maximum absolute atomic E-state index is 12.1. The first-order valence-corrected chi connectivity index (χ1v) is 10.9. The van der Waals surface area contributed by atoms with Crippen molar-refractivity contribution in [2.45, 2.75) is 51.4 Å². The first kappa shape index (κ1) is 23.9. The van der Waals surface area contributed by atoms with E-state index in [4.69, 9.17) is 19.7 Å². The van der Waals surface area contributed by atoms with Gasteiger partial charge in [0.05, 0.1) is 13.2 Å². The van der Waals surface area contributed by atoms with Gasteiger partial charge in [-0.25, -0.2) is 0 Å². The summed E-state index contributed by atoms with van der Waals surface area (Å²) >= 11 is 0. The summed E-state index contributed by atoms with van der Waals surface area (Å²) in [7, 11) is 0. The number of carbonyl (C=O) groups excluding carboxylic acids is 1. The molecule has 5 heteroatoms. The number of Topliss-reactive ketones (excluding diaryl/α,β-unsaturated/α-hetero) is 1. The number of aryl methyl sites for hydroxylation is 2. The predicted octanol–water partition coefficient (Wildman–Crippen LogP) is 4.12. The maximum Gasteiger partial charge on any atom is 0.132 e. The molecular formula is C25H34O5. The highest BCUT2D eigenvalue weighted by Crippen LogP contribution is 2.16. The molecule has 0 radical (unpaired) electrons. The Morgan fingerprint density at radius 3 is 1.40 bits per heavy atom. The van der Waals surface area contributed by atoms with Gasteiger partial charge in [-0.2, -0.15) is 0 Å². The van der Waals surface area contributed by atoms with Crippen LogP contribution in [0.3, 0.4) is 0 Å². The van der Waals surface area contributed by atoms with Gasteiger partial charge in [0.15, 0.2) is 0 Å². The van der Waals surface area contributed by atoms with E-state index in [0.29, 0.717) is 31.8 Å². The van der Waals surface area contributed by atoms with Gasteiger partial charge < -0.3 is 19.7 Å². The van der Waals surface area contributed by atoms with Gasteiger partial charge >= 0.3 is 0 Å². The molecule has 0 bridgehead atoms. The van der Waals surface area contributed by atoms with E-state index in [0.717, 1.165) is 50.0 Å². The quantitative estimate of drug-likeness (QED) is 0.404. The minimum Gasteiger partial charge on any atom is -0.491 e. The highest BCUT2D eigenvalue weighted by atomic mass is 16.5. The third-order valence-electron chi connectivity index (χ3n) is 4.91. The second-order valence-corrected chi connectivity index (χ2v) is 7.38. The molecule has 0 aliphatic carbocycles. The van der Waals surface area contributed by atoms with Crippen LogP contribution in [0.15, 0.2) is 48.5 Å². The molecule has 0 spiro atoms. The van der Waals surface area contributed by atoms with E-state index >= 15 is 0 Å². The van der Waals surface area contributed by atoms with Crippen molar-refractivity contribution in [3.8, 4) is 11.5 Å². The summed E-state index contributed by atoms with van der Waals surface area (Å²) in [5.74, 6) is 1.90. The molecule has 0 saturated carbocycles. The lowest BCUT2D eigenvalue weighted by Gasteiger charge is -2.06. The van der Waals surface area contributed by atoms with Gasteiger partial charge in [-0.05, 0) is 73.9 Å². The molecular weight excluding hydrogens is 380 g/mol. The van der Waals surface area contributed by atoms with Crippen molar-refractivity contribution < 1.29 is 24.5 Å². The molecule has 0 aromatic heterocycles. The molecule has 0 saturated heterocycles. The van der Waals surface area contributed by atoms with Crippen molar-refractivity contribution in [1.82, 2.24) is 0 Å². The van der Waals surface area contributed by atoms with Gasteiger partial charge in [0, 0.05) is 12.8 Å². The highest BCUT2D eigenvalue weighted by molar-refractivity contribution is 5.78. The van der Waals surface area contributed by atoms with Crippen molar-refractivity contribution in [3.63, 3.8) is 0 Å². The van der Waals surface area contributed by atoms with Gasteiger partial charge in [-0.15, -0.1) is 0 Å². The smallest absolute Gasteiger partial charge is 0.132 e. The van der Waals surface area contributed by atoms with Crippen LogP contribution in [0.2, 0.25) is 0 Å². The maximum atomic E-state index is 12.1. The van der Waals surface area contributed by atoms with Crippen LogP contribution < -0.4 is 9.47 Å². The van der Waals surface area contributed by atoms with Crippen LogP contribution in [-0.4, -0.2) is 42.4 Å². The second kappa shape index (κ2) is 14.6. The minimum absolute atomic E-state index is 0.0183. The van der Waals surface area contributed by atoms with Crippen LogP contribution in [0.4, 0.5) is 0 Å². The average Bonchev–Trinajstić information content (AvgIpc) is 2.78. The van der Waals surface area contributed by atoms with Crippen LogP contribution in [0, 0.1) is 0 Å². The van der Waals surface area contributed by atoms with Gasteiger partial charge in [-0.1, -0.05) is 24.3 Å². The van der Waals surface area contributed by atoms with Gasteiger partial charge in [0.25, 0.3) is 0 Å². The molecule has 0 heterocycles. The van der Waals surface area contributed by atoms with E-state index < -0.39 is 0 Å².